The molecule has 2 rings (SSSR count). The molecular weight excluding hydrogens is 239 g/mol. The Hall–Kier alpha value is -2.30. The lowest BCUT2D eigenvalue weighted by Crippen LogP contribution is -2.02. The van der Waals surface area contributed by atoms with Gasteiger partial charge in [0.1, 0.15) is 23.7 Å². The molecule has 0 saturated carbocycles. The average Bonchev–Trinajstić information content (AvgIpc) is 2.79. The van der Waals surface area contributed by atoms with Gasteiger partial charge in [0.25, 0.3) is 0 Å². The number of carboxylic acids is 1. The number of aromatic carboxylic acids is 1. The van der Waals surface area contributed by atoms with Crippen molar-refractivity contribution in [1.29, 1.82) is 0 Å². The average molecular weight is 250 g/mol. The molecule has 94 valence electrons. The van der Waals surface area contributed by atoms with Crippen LogP contribution in [0.1, 0.15) is 21.7 Å². The van der Waals surface area contributed by atoms with Gasteiger partial charge in [-0.3, -0.25) is 0 Å². The lowest BCUT2D eigenvalue weighted by Gasteiger charge is -2.06. The van der Waals surface area contributed by atoms with Crippen molar-refractivity contribution in [3.63, 3.8) is 0 Å². The van der Waals surface area contributed by atoms with Crippen LogP contribution in [0.4, 0.5) is 4.39 Å². The number of ether oxygens (including phenoxy) is 1. The van der Waals surface area contributed by atoms with Gasteiger partial charge in [0.15, 0.2) is 5.76 Å². The molecule has 0 amide bonds. The van der Waals surface area contributed by atoms with Crippen LogP contribution in [0, 0.1) is 12.7 Å². The molecule has 0 atom stereocenters. The molecule has 0 radical (unpaired) electrons. The Morgan fingerprint density at radius 3 is 2.89 bits per heavy atom. The molecule has 5 heteroatoms. The van der Waals surface area contributed by atoms with Crippen LogP contribution >= 0.6 is 0 Å². The fraction of sp³-hybridized carbons (Fsp3) is 0.154. The summed E-state index contributed by atoms with van der Waals surface area (Å²) in [5.41, 5.74) is 0.527. The van der Waals surface area contributed by atoms with Gasteiger partial charge in [-0.05, 0) is 36.8 Å². The summed E-state index contributed by atoms with van der Waals surface area (Å²) in [5, 5.41) is 8.87. The summed E-state index contributed by atoms with van der Waals surface area (Å²) < 4.78 is 23.4. The molecule has 0 bridgehead atoms. The van der Waals surface area contributed by atoms with Crippen LogP contribution in [0.5, 0.6) is 5.75 Å². The van der Waals surface area contributed by atoms with Crippen molar-refractivity contribution in [3.8, 4) is 5.75 Å². The summed E-state index contributed by atoms with van der Waals surface area (Å²) in [7, 11) is 0. The molecule has 1 aromatic carbocycles. The summed E-state index contributed by atoms with van der Waals surface area (Å²) >= 11 is 0. The first kappa shape index (κ1) is 12.2. The van der Waals surface area contributed by atoms with E-state index in [0.29, 0.717) is 11.3 Å². The molecule has 0 unspecified atom stereocenters. The summed E-state index contributed by atoms with van der Waals surface area (Å²) in [4.78, 5) is 10.8. The van der Waals surface area contributed by atoms with Crippen molar-refractivity contribution < 1.29 is 23.4 Å². The number of rotatable bonds is 4. The lowest BCUT2D eigenvalue weighted by molar-refractivity contribution is 0.0692. The third-order valence-corrected chi connectivity index (χ3v) is 2.48. The van der Waals surface area contributed by atoms with Crippen LogP contribution in [-0.4, -0.2) is 11.1 Å². The van der Waals surface area contributed by atoms with Gasteiger partial charge >= 0.3 is 5.97 Å². The van der Waals surface area contributed by atoms with Crippen molar-refractivity contribution in [3.05, 3.63) is 53.2 Å². The van der Waals surface area contributed by atoms with Gasteiger partial charge in [-0.2, -0.15) is 0 Å². The SMILES string of the molecule is Cc1cc(OCc2occc2C(=O)O)ccc1F. The smallest absolute Gasteiger partial charge is 0.339 e. The highest BCUT2D eigenvalue weighted by Crippen LogP contribution is 2.19. The van der Waals surface area contributed by atoms with Gasteiger partial charge in [-0.15, -0.1) is 0 Å². The number of hydrogen-bond donors (Lipinski definition) is 1. The van der Waals surface area contributed by atoms with Crippen LogP contribution in [0.3, 0.4) is 0 Å². The Labute approximate surface area is 103 Å². The minimum absolute atomic E-state index is 0.0142. The number of carbonyl (C=O) groups is 1. The topological polar surface area (TPSA) is 59.7 Å². The third kappa shape index (κ3) is 2.51. The molecule has 4 nitrogen and oxygen atoms in total. The number of aryl methyl sites for hydroxylation is 1. The van der Waals surface area contributed by atoms with Crippen molar-refractivity contribution in [2.24, 2.45) is 0 Å². The highest BCUT2D eigenvalue weighted by Gasteiger charge is 2.13. The monoisotopic (exact) mass is 250 g/mol. The van der Waals surface area contributed by atoms with Gasteiger partial charge < -0.3 is 14.3 Å². The zero-order valence-corrected chi connectivity index (χ0v) is 9.64. The summed E-state index contributed by atoms with van der Waals surface area (Å²) in [6.45, 7) is 1.61. The normalized spacial score (nSPS) is 10.3. The molecule has 0 aliphatic carbocycles. The van der Waals surface area contributed by atoms with Crippen LogP contribution in [0.25, 0.3) is 0 Å². The quantitative estimate of drug-likeness (QED) is 0.906. The largest absolute Gasteiger partial charge is 0.486 e. The van der Waals surface area contributed by atoms with E-state index >= 15 is 0 Å². The Kier molecular flexibility index (Phi) is 3.32. The van der Waals surface area contributed by atoms with Crippen molar-refractivity contribution >= 4 is 5.97 Å². The first-order valence-electron chi connectivity index (χ1n) is 5.26. The highest BCUT2D eigenvalue weighted by atomic mass is 19.1. The first-order chi connectivity index (χ1) is 8.58. The number of halogens is 1. The van der Waals surface area contributed by atoms with Gasteiger partial charge in [-0.1, -0.05) is 0 Å². The molecule has 0 saturated heterocycles. The standard InChI is InChI=1S/C13H11FO4/c1-8-6-9(2-3-11(8)14)18-7-12-10(13(15)16)4-5-17-12/h2-6H,7H2,1H3,(H,15,16). The Balaban J connectivity index is 2.09. The van der Waals surface area contributed by atoms with E-state index in [4.69, 9.17) is 14.3 Å². The second-order valence-corrected chi connectivity index (χ2v) is 3.76. The number of furan rings is 1. The van der Waals surface area contributed by atoms with E-state index in [2.05, 4.69) is 0 Å². The molecule has 0 spiro atoms. The van der Waals surface area contributed by atoms with Crippen LogP contribution in [-0.2, 0) is 6.61 Å². The lowest BCUT2D eigenvalue weighted by atomic mass is 10.2. The maximum atomic E-state index is 13.0. The van der Waals surface area contributed by atoms with Gasteiger partial charge in [-0.25, -0.2) is 9.18 Å². The number of benzene rings is 1. The molecular formula is C13H11FO4. The zero-order chi connectivity index (χ0) is 13.1. The van der Waals surface area contributed by atoms with Crippen LogP contribution < -0.4 is 4.74 Å². The number of hydrogen-bond acceptors (Lipinski definition) is 3. The molecule has 0 aliphatic rings. The fourth-order valence-corrected chi connectivity index (χ4v) is 1.50. The van der Waals surface area contributed by atoms with E-state index in [-0.39, 0.29) is 23.7 Å². The molecule has 18 heavy (non-hydrogen) atoms. The van der Waals surface area contributed by atoms with Crippen molar-refractivity contribution in [2.75, 3.05) is 0 Å². The van der Waals surface area contributed by atoms with Crippen LogP contribution in [0.2, 0.25) is 0 Å². The minimum atomic E-state index is -1.07. The third-order valence-electron chi connectivity index (χ3n) is 2.48. The Morgan fingerprint density at radius 1 is 1.44 bits per heavy atom. The van der Waals surface area contributed by atoms with Crippen molar-refractivity contribution in [1.82, 2.24) is 0 Å². The second kappa shape index (κ2) is 4.91. The molecule has 1 aromatic heterocycles. The van der Waals surface area contributed by atoms with Crippen molar-refractivity contribution in [2.45, 2.75) is 13.5 Å². The van der Waals surface area contributed by atoms with Gasteiger partial charge in [0.2, 0.25) is 0 Å². The maximum Gasteiger partial charge on any atom is 0.339 e. The fourth-order valence-electron chi connectivity index (χ4n) is 1.50. The first-order valence-corrected chi connectivity index (χ1v) is 5.26. The van der Waals surface area contributed by atoms with E-state index < -0.39 is 5.97 Å². The Bertz CT molecular complexity index is 574. The predicted octanol–water partition coefficient (Wildman–Crippen LogP) is 3.00. The summed E-state index contributed by atoms with van der Waals surface area (Å²) in [6.07, 6.45) is 1.29. The predicted molar refractivity (Wildman–Crippen MR) is 61.1 cm³/mol. The summed E-state index contributed by atoms with van der Waals surface area (Å²) in [6, 6.07) is 5.67. The second-order valence-electron chi connectivity index (χ2n) is 3.76. The van der Waals surface area contributed by atoms with E-state index in [0.717, 1.165) is 0 Å². The molecule has 0 fully saturated rings. The summed E-state index contributed by atoms with van der Waals surface area (Å²) in [5.74, 6) is -0.699. The number of carboxylic acid groups (broad SMARTS) is 1. The van der Waals surface area contributed by atoms with E-state index in [1.54, 1.807) is 13.0 Å². The van der Waals surface area contributed by atoms with Gasteiger partial charge in [0, 0.05) is 0 Å². The zero-order valence-electron chi connectivity index (χ0n) is 9.64. The van der Waals surface area contributed by atoms with E-state index in [1.807, 2.05) is 0 Å². The maximum absolute atomic E-state index is 13.0. The minimum Gasteiger partial charge on any atom is -0.486 e. The molecule has 0 aliphatic heterocycles. The van der Waals surface area contributed by atoms with E-state index in [9.17, 15) is 9.18 Å². The van der Waals surface area contributed by atoms with E-state index in [1.165, 1.54) is 24.5 Å². The molecule has 1 N–H and O–H groups in total. The van der Waals surface area contributed by atoms with Gasteiger partial charge in [0.05, 0.1) is 6.26 Å². The van der Waals surface area contributed by atoms with Crippen LogP contribution in [0.15, 0.2) is 34.9 Å². The molecule has 2 aromatic rings. The molecule has 1 heterocycles. The Morgan fingerprint density at radius 2 is 2.22 bits per heavy atom. The highest BCUT2D eigenvalue weighted by molar-refractivity contribution is 5.88.